The van der Waals surface area contributed by atoms with Crippen LogP contribution in [-0.2, 0) is 17.8 Å². The van der Waals surface area contributed by atoms with Gasteiger partial charge in [-0.3, -0.25) is 10.2 Å². The minimum Gasteiger partial charge on any atom is -0.496 e. The summed E-state index contributed by atoms with van der Waals surface area (Å²) in [6.07, 6.45) is 1.25. The first-order valence-corrected chi connectivity index (χ1v) is 8.30. The lowest BCUT2D eigenvalue weighted by Crippen LogP contribution is -2.55. The molecule has 2 aromatic rings. The van der Waals surface area contributed by atoms with Gasteiger partial charge in [-0.15, -0.1) is 0 Å². The summed E-state index contributed by atoms with van der Waals surface area (Å²) in [4.78, 5) is 13.5. The summed E-state index contributed by atoms with van der Waals surface area (Å²) in [7, 11) is 1.67. The van der Waals surface area contributed by atoms with E-state index in [4.69, 9.17) is 15.2 Å². The first-order chi connectivity index (χ1) is 12.2. The molecule has 2 amide bonds. The van der Waals surface area contributed by atoms with Gasteiger partial charge in [-0.25, -0.2) is 4.79 Å². The second-order valence-corrected chi connectivity index (χ2v) is 6.22. The minimum atomic E-state index is -0.617. The van der Waals surface area contributed by atoms with Crippen molar-refractivity contribution in [3.05, 3.63) is 59.2 Å². The zero-order valence-electron chi connectivity index (χ0n) is 14.0. The number of carbonyl (C=O) groups is 1. The van der Waals surface area contributed by atoms with Crippen LogP contribution in [0.5, 0.6) is 5.75 Å². The van der Waals surface area contributed by atoms with Crippen molar-refractivity contribution in [3.8, 4) is 5.75 Å². The highest BCUT2D eigenvalue weighted by molar-refractivity contribution is 5.92. The fourth-order valence-electron chi connectivity index (χ4n) is 3.70. The third kappa shape index (κ3) is 2.73. The van der Waals surface area contributed by atoms with Crippen LogP contribution >= 0.6 is 0 Å². The van der Waals surface area contributed by atoms with Gasteiger partial charge in [0.05, 0.1) is 19.4 Å². The Labute approximate surface area is 146 Å². The van der Waals surface area contributed by atoms with E-state index in [1.807, 2.05) is 24.3 Å². The molecule has 0 spiro atoms. The van der Waals surface area contributed by atoms with E-state index in [0.717, 1.165) is 35.4 Å². The Hall–Kier alpha value is -2.57. The van der Waals surface area contributed by atoms with Crippen molar-refractivity contribution in [2.24, 2.45) is 5.73 Å². The Morgan fingerprint density at radius 3 is 3.08 bits per heavy atom. The number of primary amides is 1. The van der Waals surface area contributed by atoms with E-state index in [2.05, 4.69) is 17.4 Å². The Kier molecular flexibility index (Phi) is 4.07. The first-order valence-electron chi connectivity index (χ1n) is 8.30. The molecule has 4 rings (SSSR count). The maximum Gasteiger partial charge on any atom is 0.322 e. The van der Waals surface area contributed by atoms with Crippen LogP contribution in [0.25, 0.3) is 0 Å². The number of hydrogen-bond donors (Lipinski definition) is 2. The van der Waals surface area contributed by atoms with Crippen molar-refractivity contribution in [2.45, 2.75) is 31.8 Å². The molecular weight excluding hydrogens is 318 g/mol. The molecule has 1 aliphatic carbocycles. The minimum absolute atomic E-state index is 0.0369. The normalized spacial score (nSPS) is 21.6. The van der Waals surface area contributed by atoms with Gasteiger partial charge in [-0.2, -0.15) is 0 Å². The van der Waals surface area contributed by atoms with E-state index in [9.17, 15) is 4.79 Å². The average molecular weight is 338 g/mol. The van der Waals surface area contributed by atoms with Crippen LogP contribution < -0.4 is 20.7 Å². The number of rotatable bonds is 3. The molecule has 0 saturated carbocycles. The van der Waals surface area contributed by atoms with Crippen molar-refractivity contribution < 1.29 is 14.3 Å². The van der Waals surface area contributed by atoms with Gasteiger partial charge in [0.2, 0.25) is 0 Å². The third-order valence-corrected chi connectivity index (χ3v) is 4.82. The lowest BCUT2D eigenvalue weighted by Gasteiger charge is -2.37. The number of ether oxygens (including phenoxy) is 2. The van der Waals surface area contributed by atoms with Crippen molar-refractivity contribution in [2.75, 3.05) is 12.0 Å². The molecule has 2 unspecified atom stereocenters. The molecule has 3 N–H and O–H groups in total. The number of urea groups is 1. The fraction of sp³-hybridized carbons (Fsp3) is 0.316. The van der Waals surface area contributed by atoms with E-state index >= 15 is 0 Å². The topological polar surface area (TPSA) is 76.8 Å². The van der Waals surface area contributed by atoms with Gasteiger partial charge in [0.1, 0.15) is 5.75 Å². The third-order valence-electron chi connectivity index (χ3n) is 4.82. The van der Waals surface area contributed by atoms with Crippen molar-refractivity contribution in [3.63, 3.8) is 0 Å². The van der Waals surface area contributed by atoms with Crippen LogP contribution in [0.2, 0.25) is 0 Å². The maximum atomic E-state index is 12.1. The van der Waals surface area contributed by atoms with E-state index in [1.54, 1.807) is 13.2 Å². The molecule has 0 bridgehead atoms. The summed E-state index contributed by atoms with van der Waals surface area (Å²) in [6, 6.07) is 14.0. The number of nitrogens with zero attached hydrogens (tertiary/aromatic N) is 1. The van der Waals surface area contributed by atoms with Crippen LogP contribution in [0.3, 0.4) is 0 Å². The Morgan fingerprint density at radius 1 is 1.40 bits per heavy atom. The number of methoxy groups -OCH3 is 1. The molecule has 129 valence electrons. The van der Waals surface area contributed by atoms with Gasteiger partial charge in [-0.05, 0) is 42.7 Å². The van der Waals surface area contributed by atoms with Gasteiger partial charge in [0, 0.05) is 17.2 Å². The summed E-state index contributed by atoms with van der Waals surface area (Å²) < 4.78 is 11.4. The Bertz CT molecular complexity index is 808. The number of nitrogens with one attached hydrogen (secondary N) is 1. The molecule has 0 saturated heterocycles. The molecule has 1 radical (unpaired) electrons. The number of anilines is 1. The van der Waals surface area contributed by atoms with E-state index in [0.29, 0.717) is 6.61 Å². The predicted octanol–water partition coefficient (Wildman–Crippen LogP) is 2.47. The average Bonchev–Trinajstić information content (AvgIpc) is 3.04. The largest absolute Gasteiger partial charge is 0.496 e. The molecule has 2 aromatic carbocycles. The molecule has 6 nitrogen and oxygen atoms in total. The second kappa shape index (κ2) is 6.38. The summed E-state index contributed by atoms with van der Waals surface area (Å²) >= 11 is 0. The second-order valence-electron chi connectivity index (χ2n) is 6.22. The zero-order chi connectivity index (χ0) is 17.4. The summed E-state index contributed by atoms with van der Waals surface area (Å²) in [5, 5.41) is 3.43. The van der Waals surface area contributed by atoms with Crippen LogP contribution in [0, 0.1) is 6.07 Å². The Morgan fingerprint density at radius 2 is 2.28 bits per heavy atom. The molecule has 6 heteroatoms. The number of hydrogen-bond acceptors (Lipinski definition) is 4. The quantitative estimate of drug-likeness (QED) is 0.901. The number of nitrogens with two attached hydrogens (primary N) is 1. The molecule has 1 aliphatic heterocycles. The van der Waals surface area contributed by atoms with E-state index in [1.165, 1.54) is 10.5 Å². The van der Waals surface area contributed by atoms with Gasteiger partial charge in [0.25, 0.3) is 0 Å². The molecule has 25 heavy (non-hydrogen) atoms. The van der Waals surface area contributed by atoms with Crippen LogP contribution in [0.4, 0.5) is 10.5 Å². The lowest BCUT2D eigenvalue weighted by atomic mass is 10.1. The predicted molar refractivity (Wildman–Crippen MR) is 93.1 cm³/mol. The molecule has 2 atom stereocenters. The monoisotopic (exact) mass is 338 g/mol. The highest BCUT2D eigenvalue weighted by Gasteiger charge is 2.35. The maximum absolute atomic E-state index is 12.1. The summed E-state index contributed by atoms with van der Waals surface area (Å²) in [6.45, 7) is 0.402. The van der Waals surface area contributed by atoms with Gasteiger partial charge >= 0.3 is 6.03 Å². The highest BCUT2D eigenvalue weighted by Crippen LogP contribution is 2.39. The van der Waals surface area contributed by atoms with Crippen LogP contribution in [0.15, 0.2) is 36.4 Å². The van der Waals surface area contributed by atoms with Crippen LogP contribution in [-0.4, -0.2) is 19.5 Å². The number of aryl methyl sites for hydroxylation is 1. The summed E-state index contributed by atoms with van der Waals surface area (Å²) in [5.74, 6) is 0.851. The van der Waals surface area contributed by atoms with E-state index < -0.39 is 12.4 Å². The Balaban J connectivity index is 1.64. The molecule has 1 heterocycles. The van der Waals surface area contributed by atoms with Crippen molar-refractivity contribution in [1.82, 2.24) is 5.32 Å². The first kappa shape index (κ1) is 15.9. The lowest BCUT2D eigenvalue weighted by molar-refractivity contribution is 0.00399. The number of carbonyl (C=O) groups excluding carboxylic acids is 1. The number of fused-ring (bicyclic) bond motifs is 2. The number of amides is 2. The zero-order valence-corrected chi connectivity index (χ0v) is 14.0. The van der Waals surface area contributed by atoms with E-state index in [-0.39, 0.29) is 6.04 Å². The SMILES string of the molecule is COc1cccc2c1C(NC1OCc3c[c]ccc3N1C(N)=O)CC2. The molecule has 2 aliphatic rings. The summed E-state index contributed by atoms with van der Waals surface area (Å²) in [5.41, 5.74) is 9.67. The number of benzene rings is 2. The van der Waals surface area contributed by atoms with Gasteiger partial charge < -0.3 is 15.2 Å². The molecular formula is C19H20N3O3. The standard InChI is InChI=1S/C19H20N3O3/c1-24-16-8-4-6-12-9-10-14(17(12)16)21-19-22(18(20)23)15-7-3-2-5-13(15)11-25-19/h3-8,14,19,21H,9-11H2,1H3,(H2,20,23). The molecule has 0 aromatic heterocycles. The van der Waals surface area contributed by atoms with Crippen molar-refractivity contribution in [1.29, 1.82) is 0 Å². The smallest absolute Gasteiger partial charge is 0.322 e. The molecule has 0 fully saturated rings. The van der Waals surface area contributed by atoms with Crippen LogP contribution in [0.1, 0.15) is 29.2 Å². The highest BCUT2D eigenvalue weighted by atomic mass is 16.5. The van der Waals surface area contributed by atoms with Gasteiger partial charge in [-0.1, -0.05) is 18.2 Å². The van der Waals surface area contributed by atoms with Gasteiger partial charge in [0.15, 0.2) is 6.35 Å². The van der Waals surface area contributed by atoms with Crippen molar-refractivity contribution >= 4 is 11.7 Å². The fourth-order valence-corrected chi connectivity index (χ4v) is 3.70.